The minimum absolute atomic E-state index is 0.442. The maximum absolute atomic E-state index is 5.79. The van der Waals surface area contributed by atoms with Crippen molar-refractivity contribution in [1.29, 1.82) is 0 Å². The van der Waals surface area contributed by atoms with Gasteiger partial charge in [-0.1, -0.05) is 0 Å². The molecule has 0 aliphatic heterocycles. The summed E-state index contributed by atoms with van der Waals surface area (Å²) in [5, 5.41) is 0.442. The van der Waals surface area contributed by atoms with Crippen LogP contribution in [0.4, 0.5) is 5.82 Å². The molecule has 2 aromatic rings. The monoisotopic (exact) mass is 182 g/mol. The summed E-state index contributed by atoms with van der Waals surface area (Å²) < 4.78 is 1.76. The third-order valence-electron chi connectivity index (χ3n) is 1.73. The zero-order valence-corrected chi connectivity index (χ0v) is 7.21. The Kier molecular flexibility index (Phi) is 1.44. The van der Waals surface area contributed by atoms with Crippen molar-refractivity contribution in [3.8, 4) is 0 Å². The fraction of sp³-hybridized carbons (Fsp3) is 0.143. The van der Waals surface area contributed by atoms with Crippen LogP contribution >= 0.6 is 11.6 Å². The predicted octanol–water partition coefficient (Wildman–Crippen LogP) is 1.20. The van der Waals surface area contributed by atoms with Crippen LogP contribution in [0.1, 0.15) is 0 Å². The van der Waals surface area contributed by atoms with E-state index >= 15 is 0 Å². The Hall–Kier alpha value is -1.29. The summed E-state index contributed by atoms with van der Waals surface area (Å²) >= 11 is 5.79. The van der Waals surface area contributed by atoms with E-state index < -0.39 is 0 Å². The van der Waals surface area contributed by atoms with Gasteiger partial charge in [0.25, 0.3) is 0 Å². The van der Waals surface area contributed by atoms with Gasteiger partial charge in [0.15, 0.2) is 0 Å². The van der Waals surface area contributed by atoms with Gasteiger partial charge in [-0.15, -0.1) is 0 Å². The van der Waals surface area contributed by atoms with E-state index in [1.165, 1.54) is 0 Å². The third kappa shape index (κ3) is 0.921. The van der Waals surface area contributed by atoms with E-state index in [0.29, 0.717) is 11.1 Å². The van der Waals surface area contributed by atoms with Gasteiger partial charge in [-0.05, 0) is 11.6 Å². The largest absolute Gasteiger partial charge is 0.384 e. The van der Waals surface area contributed by atoms with E-state index in [1.807, 2.05) is 7.05 Å². The summed E-state index contributed by atoms with van der Waals surface area (Å²) in [6.07, 6.45) is 1.61. The number of nitrogens with zero attached hydrogens (tertiary/aromatic N) is 3. The fourth-order valence-corrected chi connectivity index (χ4v) is 1.26. The first kappa shape index (κ1) is 7.36. The van der Waals surface area contributed by atoms with Crippen molar-refractivity contribution in [2.24, 2.45) is 7.05 Å². The number of fused-ring (bicyclic) bond motifs is 1. The van der Waals surface area contributed by atoms with Crippen LogP contribution in [0.5, 0.6) is 0 Å². The lowest BCUT2D eigenvalue weighted by molar-refractivity contribution is 0.948. The highest BCUT2D eigenvalue weighted by Gasteiger charge is 2.04. The van der Waals surface area contributed by atoms with Gasteiger partial charge in [-0.25, -0.2) is 9.97 Å². The van der Waals surface area contributed by atoms with E-state index in [4.69, 9.17) is 17.3 Å². The maximum atomic E-state index is 5.79. The average molecular weight is 183 g/mol. The summed E-state index contributed by atoms with van der Waals surface area (Å²) in [5.74, 6) is 0.474. The molecule has 0 spiro atoms. The maximum Gasteiger partial charge on any atom is 0.203 e. The van der Waals surface area contributed by atoms with E-state index in [-0.39, 0.29) is 0 Å². The number of aromatic nitrogens is 3. The quantitative estimate of drug-likeness (QED) is 0.666. The lowest BCUT2D eigenvalue weighted by Gasteiger charge is -1.95. The van der Waals surface area contributed by atoms with Crippen molar-refractivity contribution in [1.82, 2.24) is 14.5 Å². The topological polar surface area (TPSA) is 56.7 Å². The number of pyridine rings is 1. The average Bonchev–Trinajstić information content (AvgIpc) is 2.31. The highest BCUT2D eigenvalue weighted by Crippen LogP contribution is 2.18. The van der Waals surface area contributed by atoms with E-state index in [2.05, 4.69) is 9.97 Å². The highest BCUT2D eigenvalue weighted by atomic mass is 35.5. The van der Waals surface area contributed by atoms with Gasteiger partial charge >= 0.3 is 0 Å². The first-order valence-corrected chi connectivity index (χ1v) is 3.80. The lowest BCUT2D eigenvalue weighted by atomic mass is 10.4. The Morgan fingerprint density at radius 2 is 2.33 bits per heavy atom. The van der Waals surface area contributed by atoms with Crippen molar-refractivity contribution in [3.63, 3.8) is 0 Å². The number of nitrogen functional groups attached to an aromatic ring is 1. The second-order valence-corrected chi connectivity index (χ2v) is 2.88. The Balaban J connectivity index is 2.88. The molecule has 0 aliphatic rings. The second kappa shape index (κ2) is 2.35. The van der Waals surface area contributed by atoms with Crippen LogP contribution in [0.2, 0.25) is 5.28 Å². The Bertz CT molecular complexity index is 434. The molecular formula is C7H7ClN4. The number of imidazole rings is 1. The second-order valence-electron chi connectivity index (χ2n) is 2.54. The fourth-order valence-electron chi connectivity index (χ4n) is 1.08. The van der Waals surface area contributed by atoms with Crippen LogP contribution < -0.4 is 5.73 Å². The number of halogens is 1. The van der Waals surface area contributed by atoms with Crippen molar-refractivity contribution >= 4 is 28.5 Å². The molecule has 2 N–H and O–H groups in total. The SMILES string of the molecule is Cn1c(Cl)nc2cnc(N)cc21. The molecule has 12 heavy (non-hydrogen) atoms. The molecule has 0 radical (unpaired) electrons. The van der Waals surface area contributed by atoms with Crippen LogP contribution in [-0.4, -0.2) is 14.5 Å². The Morgan fingerprint density at radius 3 is 3.08 bits per heavy atom. The number of aryl methyl sites for hydroxylation is 1. The molecule has 2 aromatic heterocycles. The molecule has 0 saturated carbocycles. The first-order valence-electron chi connectivity index (χ1n) is 3.42. The molecule has 4 nitrogen and oxygen atoms in total. The summed E-state index contributed by atoms with van der Waals surface area (Å²) in [7, 11) is 1.83. The molecule has 0 saturated heterocycles. The molecule has 0 aromatic carbocycles. The molecule has 0 unspecified atom stereocenters. The minimum Gasteiger partial charge on any atom is -0.384 e. The first-order chi connectivity index (χ1) is 5.68. The molecule has 0 bridgehead atoms. The molecule has 62 valence electrons. The van der Waals surface area contributed by atoms with E-state index in [9.17, 15) is 0 Å². The van der Waals surface area contributed by atoms with Gasteiger partial charge in [0.1, 0.15) is 11.3 Å². The number of hydrogen-bond acceptors (Lipinski definition) is 3. The standard InChI is InChI=1S/C7H7ClN4/c1-12-5-2-6(9)10-3-4(5)11-7(12)8/h2-3H,1H3,(H2,9,10). The number of rotatable bonds is 0. The molecule has 2 heterocycles. The van der Waals surface area contributed by atoms with E-state index in [0.717, 1.165) is 11.0 Å². The molecule has 0 aliphatic carbocycles. The summed E-state index contributed by atoms with van der Waals surface area (Å²) in [5.41, 5.74) is 7.16. The molecular weight excluding hydrogens is 176 g/mol. The van der Waals surface area contributed by atoms with Crippen molar-refractivity contribution < 1.29 is 0 Å². The van der Waals surface area contributed by atoms with Gasteiger partial charge in [-0.3, -0.25) is 0 Å². The van der Waals surface area contributed by atoms with Crippen molar-refractivity contribution in [2.75, 3.05) is 5.73 Å². The van der Waals surface area contributed by atoms with Crippen LogP contribution in [-0.2, 0) is 7.05 Å². The van der Waals surface area contributed by atoms with Crippen LogP contribution in [0, 0.1) is 0 Å². The zero-order valence-electron chi connectivity index (χ0n) is 6.45. The molecule has 0 atom stereocenters. The Morgan fingerprint density at radius 1 is 1.58 bits per heavy atom. The minimum atomic E-state index is 0.442. The Labute approximate surface area is 74.0 Å². The van der Waals surface area contributed by atoms with Gasteiger partial charge in [0, 0.05) is 13.1 Å². The van der Waals surface area contributed by atoms with Gasteiger partial charge < -0.3 is 10.3 Å². The van der Waals surface area contributed by atoms with Crippen LogP contribution in [0.25, 0.3) is 11.0 Å². The predicted molar refractivity (Wildman–Crippen MR) is 47.9 cm³/mol. The molecule has 2 rings (SSSR count). The van der Waals surface area contributed by atoms with Gasteiger partial charge in [0.05, 0.1) is 11.7 Å². The van der Waals surface area contributed by atoms with Crippen molar-refractivity contribution in [3.05, 3.63) is 17.5 Å². The number of anilines is 1. The molecule has 0 amide bonds. The number of hydrogen-bond donors (Lipinski definition) is 1. The van der Waals surface area contributed by atoms with Gasteiger partial charge in [0.2, 0.25) is 5.28 Å². The summed E-state index contributed by atoms with van der Waals surface area (Å²) in [6.45, 7) is 0. The van der Waals surface area contributed by atoms with Crippen LogP contribution in [0.3, 0.4) is 0 Å². The van der Waals surface area contributed by atoms with Crippen molar-refractivity contribution in [2.45, 2.75) is 0 Å². The van der Waals surface area contributed by atoms with Crippen LogP contribution in [0.15, 0.2) is 12.3 Å². The van der Waals surface area contributed by atoms with E-state index in [1.54, 1.807) is 16.8 Å². The molecule has 0 fully saturated rings. The lowest BCUT2D eigenvalue weighted by Crippen LogP contribution is -1.91. The summed E-state index contributed by atoms with van der Waals surface area (Å²) in [4.78, 5) is 7.97. The smallest absolute Gasteiger partial charge is 0.203 e. The third-order valence-corrected chi connectivity index (χ3v) is 2.07. The number of nitrogens with two attached hydrogens (primary N) is 1. The normalized spacial score (nSPS) is 10.8. The zero-order chi connectivity index (χ0) is 8.72. The van der Waals surface area contributed by atoms with Gasteiger partial charge in [-0.2, -0.15) is 0 Å². The highest BCUT2D eigenvalue weighted by molar-refractivity contribution is 6.29. The molecule has 5 heteroatoms. The summed E-state index contributed by atoms with van der Waals surface area (Å²) in [6, 6.07) is 1.74.